The van der Waals surface area contributed by atoms with E-state index in [0.717, 1.165) is 6.26 Å². The lowest BCUT2D eigenvalue weighted by atomic mass is 10.3. The lowest BCUT2D eigenvalue weighted by Crippen LogP contribution is -2.39. The van der Waals surface area contributed by atoms with Crippen molar-refractivity contribution in [2.24, 2.45) is 0 Å². The van der Waals surface area contributed by atoms with Crippen LogP contribution in [0.15, 0.2) is 12.8 Å². The van der Waals surface area contributed by atoms with E-state index in [4.69, 9.17) is 5.11 Å². The molecule has 0 rings (SSSR count). The van der Waals surface area contributed by atoms with Crippen molar-refractivity contribution in [2.75, 3.05) is 6.61 Å². The van der Waals surface area contributed by atoms with Gasteiger partial charge in [-0.05, 0) is 0 Å². The second-order valence-corrected chi connectivity index (χ2v) is 1.68. The summed E-state index contributed by atoms with van der Waals surface area (Å²) in [4.78, 5) is 20.1. The van der Waals surface area contributed by atoms with Crippen LogP contribution in [-0.2, 0) is 14.3 Å². The summed E-state index contributed by atoms with van der Waals surface area (Å²) in [6.07, 6.45) is 1.42. The molecule has 0 aromatic rings. The molecule has 0 saturated carbocycles. The molecular weight excluding hydrogens is 150 g/mol. The minimum Gasteiger partial charge on any atom is -0.499 e. The van der Waals surface area contributed by atoms with E-state index in [1.54, 1.807) is 0 Å². The number of carboxylic acid groups (broad SMARTS) is 1. The Labute approximate surface area is 63.7 Å². The van der Waals surface area contributed by atoms with Crippen molar-refractivity contribution in [3.63, 3.8) is 0 Å². The summed E-state index contributed by atoms with van der Waals surface area (Å²) in [5, 5.41) is 10.5. The van der Waals surface area contributed by atoms with Crippen molar-refractivity contribution in [1.82, 2.24) is 5.32 Å². The van der Waals surface area contributed by atoms with E-state index in [1.807, 2.05) is 0 Å². The molecule has 1 amide bonds. The van der Waals surface area contributed by atoms with E-state index in [0.29, 0.717) is 6.41 Å². The summed E-state index contributed by atoms with van der Waals surface area (Å²) in [5.74, 6) is -1.14. The van der Waals surface area contributed by atoms with Crippen molar-refractivity contribution in [3.05, 3.63) is 12.8 Å². The lowest BCUT2D eigenvalue weighted by molar-refractivity contribution is -0.141. The first-order valence-electron chi connectivity index (χ1n) is 2.87. The summed E-state index contributed by atoms with van der Waals surface area (Å²) in [6, 6.07) is -1.01. The number of nitrogens with one attached hydrogen (secondary N) is 1. The predicted molar refractivity (Wildman–Crippen MR) is 36.8 cm³/mol. The van der Waals surface area contributed by atoms with Crippen LogP contribution in [0.3, 0.4) is 0 Å². The molecule has 0 fully saturated rings. The molecule has 0 aliphatic rings. The Bertz CT molecular complexity index is 157. The highest BCUT2D eigenvalue weighted by atomic mass is 16.5. The molecule has 5 heteroatoms. The first kappa shape index (κ1) is 9.48. The van der Waals surface area contributed by atoms with Gasteiger partial charge in [0.15, 0.2) is 6.04 Å². The van der Waals surface area contributed by atoms with Gasteiger partial charge in [-0.2, -0.15) is 0 Å². The third-order valence-electron chi connectivity index (χ3n) is 0.948. The zero-order chi connectivity index (χ0) is 8.69. The molecule has 0 aromatic carbocycles. The van der Waals surface area contributed by atoms with Crippen LogP contribution >= 0.6 is 0 Å². The SMILES string of the molecule is C=COCC(NC=O)C(=O)O. The molecule has 62 valence electrons. The van der Waals surface area contributed by atoms with Crippen LogP contribution in [0.5, 0.6) is 0 Å². The average molecular weight is 159 g/mol. The molecule has 0 radical (unpaired) electrons. The highest BCUT2D eigenvalue weighted by molar-refractivity contribution is 5.76. The maximum atomic E-state index is 10.3. The average Bonchev–Trinajstić information content (AvgIpc) is 1.97. The third kappa shape index (κ3) is 3.96. The number of carboxylic acids is 1. The Morgan fingerprint density at radius 2 is 2.45 bits per heavy atom. The highest BCUT2D eigenvalue weighted by Gasteiger charge is 2.15. The van der Waals surface area contributed by atoms with Gasteiger partial charge in [-0.1, -0.05) is 6.58 Å². The van der Waals surface area contributed by atoms with Crippen molar-refractivity contribution < 1.29 is 19.4 Å². The largest absolute Gasteiger partial charge is 0.499 e. The number of aliphatic carboxylic acids is 1. The summed E-state index contributed by atoms with van der Waals surface area (Å²) in [7, 11) is 0. The van der Waals surface area contributed by atoms with E-state index in [1.165, 1.54) is 0 Å². The zero-order valence-corrected chi connectivity index (χ0v) is 5.82. The molecule has 0 heterocycles. The van der Waals surface area contributed by atoms with Gasteiger partial charge < -0.3 is 15.2 Å². The summed E-state index contributed by atoms with van der Waals surface area (Å²) in [6.45, 7) is 3.11. The maximum absolute atomic E-state index is 10.3. The topological polar surface area (TPSA) is 75.6 Å². The zero-order valence-electron chi connectivity index (χ0n) is 5.82. The summed E-state index contributed by atoms with van der Waals surface area (Å²) in [5.41, 5.74) is 0. The van der Waals surface area contributed by atoms with Crippen molar-refractivity contribution in [3.8, 4) is 0 Å². The van der Waals surface area contributed by atoms with E-state index in [2.05, 4.69) is 16.6 Å². The van der Waals surface area contributed by atoms with Gasteiger partial charge in [-0.15, -0.1) is 0 Å². The van der Waals surface area contributed by atoms with Gasteiger partial charge in [-0.25, -0.2) is 4.79 Å². The van der Waals surface area contributed by atoms with E-state index in [9.17, 15) is 9.59 Å². The molecule has 5 nitrogen and oxygen atoms in total. The molecule has 0 saturated heterocycles. The van der Waals surface area contributed by atoms with Crippen LogP contribution < -0.4 is 5.32 Å². The Kier molecular flexibility index (Phi) is 4.55. The van der Waals surface area contributed by atoms with Gasteiger partial charge in [-0.3, -0.25) is 4.79 Å². The van der Waals surface area contributed by atoms with Gasteiger partial charge in [0.1, 0.15) is 6.61 Å². The first-order chi connectivity index (χ1) is 5.22. The fourth-order valence-electron chi connectivity index (χ4n) is 0.437. The number of hydrogen-bond donors (Lipinski definition) is 2. The first-order valence-corrected chi connectivity index (χ1v) is 2.87. The molecule has 0 aromatic heterocycles. The normalized spacial score (nSPS) is 11.3. The molecule has 0 aliphatic carbocycles. The van der Waals surface area contributed by atoms with Gasteiger partial charge >= 0.3 is 5.97 Å². The van der Waals surface area contributed by atoms with Gasteiger partial charge in [0.05, 0.1) is 6.26 Å². The van der Waals surface area contributed by atoms with Crippen LogP contribution in [-0.4, -0.2) is 30.1 Å². The third-order valence-corrected chi connectivity index (χ3v) is 0.948. The number of carbonyl (C=O) groups is 2. The fraction of sp³-hybridized carbons (Fsp3) is 0.333. The smallest absolute Gasteiger partial charge is 0.329 e. The van der Waals surface area contributed by atoms with Gasteiger partial charge in [0, 0.05) is 0 Å². The van der Waals surface area contributed by atoms with E-state index in [-0.39, 0.29) is 6.61 Å². The molecule has 0 spiro atoms. The van der Waals surface area contributed by atoms with Crippen LogP contribution in [0.4, 0.5) is 0 Å². The fourth-order valence-corrected chi connectivity index (χ4v) is 0.437. The van der Waals surface area contributed by atoms with Crippen LogP contribution in [0.25, 0.3) is 0 Å². The highest BCUT2D eigenvalue weighted by Crippen LogP contribution is 1.84. The molecule has 0 aliphatic heterocycles. The standard InChI is InChI=1S/C6H9NO4/c1-2-11-3-5(6(9)10)7-4-8/h2,4-5H,1,3H2,(H,7,8)(H,9,10). The number of hydrogen-bond acceptors (Lipinski definition) is 3. The van der Waals surface area contributed by atoms with Crippen molar-refractivity contribution in [2.45, 2.75) is 6.04 Å². The number of rotatable bonds is 6. The lowest BCUT2D eigenvalue weighted by Gasteiger charge is -2.09. The van der Waals surface area contributed by atoms with Crippen LogP contribution in [0.1, 0.15) is 0 Å². The minimum atomic E-state index is -1.14. The number of carbonyl (C=O) groups excluding carboxylic acids is 1. The van der Waals surface area contributed by atoms with Crippen molar-refractivity contribution in [1.29, 1.82) is 0 Å². The predicted octanol–water partition coefficient (Wildman–Crippen LogP) is -0.654. The molecule has 1 atom stereocenters. The van der Waals surface area contributed by atoms with E-state index < -0.39 is 12.0 Å². The van der Waals surface area contributed by atoms with E-state index >= 15 is 0 Å². The molecule has 1 unspecified atom stereocenters. The Morgan fingerprint density at radius 1 is 1.82 bits per heavy atom. The number of ether oxygens (including phenoxy) is 1. The van der Waals surface area contributed by atoms with Crippen molar-refractivity contribution >= 4 is 12.4 Å². The maximum Gasteiger partial charge on any atom is 0.329 e. The Balaban J connectivity index is 3.77. The summed E-state index contributed by atoms with van der Waals surface area (Å²) < 4.78 is 4.57. The minimum absolute atomic E-state index is 0.114. The Hall–Kier alpha value is -1.52. The van der Waals surface area contributed by atoms with Crippen LogP contribution in [0, 0.1) is 0 Å². The second-order valence-electron chi connectivity index (χ2n) is 1.68. The van der Waals surface area contributed by atoms with Gasteiger partial charge in [0.2, 0.25) is 6.41 Å². The molecular formula is C6H9NO4. The molecule has 0 bridgehead atoms. The Morgan fingerprint density at radius 3 is 2.82 bits per heavy atom. The van der Waals surface area contributed by atoms with Crippen LogP contribution in [0.2, 0.25) is 0 Å². The summed E-state index contributed by atoms with van der Waals surface area (Å²) >= 11 is 0. The molecule has 2 N–H and O–H groups in total. The number of amides is 1. The second kappa shape index (κ2) is 5.28. The molecule has 11 heavy (non-hydrogen) atoms. The quantitative estimate of drug-likeness (QED) is 0.398. The monoisotopic (exact) mass is 159 g/mol. The van der Waals surface area contributed by atoms with Gasteiger partial charge in [0.25, 0.3) is 0 Å².